The maximum absolute atomic E-state index is 12.2. The Labute approximate surface area is 121 Å². The van der Waals surface area contributed by atoms with E-state index in [2.05, 4.69) is 20.2 Å². The zero-order chi connectivity index (χ0) is 15.0. The van der Waals surface area contributed by atoms with Crippen molar-refractivity contribution >= 4 is 17.1 Å². The smallest absolute Gasteiger partial charge is 0.332 e. The molecule has 2 N–H and O–H groups in total. The van der Waals surface area contributed by atoms with E-state index in [-0.39, 0.29) is 11.2 Å². The van der Waals surface area contributed by atoms with Gasteiger partial charge in [-0.1, -0.05) is 6.92 Å². The average Bonchev–Trinajstić information content (AvgIpc) is 2.95. The van der Waals surface area contributed by atoms with Gasteiger partial charge in [-0.15, -0.1) is 0 Å². The largest absolute Gasteiger partial charge is 0.340 e. The van der Waals surface area contributed by atoms with Crippen LogP contribution in [0.3, 0.4) is 0 Å². The average molecular weight is 292 g/mol. The Morgan fingerprint density at radius 2 is 1.95 bits per heavy atom. The Morgan fingerprint density at radius 3 is 2.62 bits per heavy atom. The number of aryl methyl sites for hydroxylation is 1. The number of H-pyrrole nitrogens is 1. The van der Waals surface area contributed by atoms with E-state index in [1.807, 2.05) is 6.92 Å². The van der Waals surface area contributed by atoms with Crippen molar-refractivity contribution in [3.05, 3.63) is 20.8 Å². The van der Waals surface area contributed by atoms with Gasteiger partial charge in [0.05, 0.1) is 0 Å². The summed E-state index contributed by atoms with van der Waals surface area (Å²) in [6, 6.07) is 0. The van der Waals surface area contributed by atoms with Gasteiger partial charge in [0.25, 0.3) is 5.56 Å². The summed E-state index contributed by atoms with van der Waals surface area (Å²) in [6.45, 7) is 5.98. The third kappa shape index (κ3) is 2.25. The number of anilines is 1. The summed E-state index contributed by atoms with van der Waals surface area (Å²) in [4.78, 5) is 34.2. The molecule has 1 aliphatic rings. The lowest BCUT2D eigenvalue weighted by molar-refractivity contribution is 0.581. The molecule has 1 fully saturated rings. The minimum atomic E-state index is -0.323. The van der Waals surface area contributed by atoms with Gasteiger partial charge in [-0.25, -0.2) is 4.79 Å². The van der Waals surface area contributed by atoms with E-state index in [9.17, 15) is 9.59 Å². The number of nitrogens with one attached hydrogen (secondary N) is 2. The summed E-state index contributed by atoms with van der Waals surface area (Å²) in [5.74, 6) is 0.666. The number of imidazole rings is 1. The molecule has 0 bridgehead atoms. The van der Waals surface area contributed by atoms with Crippen molar-refractivity contribution in [2.45, 2.75) is 19.9 Å². The van der Waals surface area contributed by atoms with Crippen molar-refractivity contribution in [1.82, 2.24) is 24.4 Å². The molecule has 8 nitrogen and oxygen atoms in total. The van der Waals surface area contributed by atoms with Gasteiger partial charge >= 0.3 is 5.69 Å². The first kappa shape index (κ1) is 13.9. The van der Waals surface area contributed by atoms with Crippen LogP contribution in [0.4, 0.5) is 5.95 Å². The molecule has 1 saturated heterocycles. The van der Waals surface area contributed by atoms with Crippen LogP contribution in [0, 0.1) is 0 Å². The van der Waals surface area contributed by atoms with Crippen molar-refractivity contribution < 1.29 is 0 Å². The molecule has 2 aromatic rings. The third-order valence-electron chi connectivity index (χ3n) is 3.83. The van der Waals surface area contributed by atoms with Crippen molar-refractivity contribution in [1.29, 1.82) is 0 Å². The molecule has 0 atom stereocenters. The third-order valence-corrected chi connectivity index (χ3v) is 3.83. The molecule has 0 saturated carbocycles. The van der Waals surface area contributed by atoms with E-state index >= 15 is 0 Å². The Morgan fingerprint density at radius 1 is 1.24 bits per heavy atom. The number of fused-ring (bicyclic) bond motifs is 1. The quantitative estimate of drug-likeness (QED) is 0.776. The second-order valence-electron chi connectivity index (χ2n) is 5.29. The van der Waals surface area contributed by atoms with Gasteiger partial charge in [0.2, 0.25) is 5.95 Å². The first-order chi connectivity index (χ1) is 10.1. The molecule has 3 rings (SSSR count). The highest BCUT2D eigenvalue weighted by atomic mass is 16.2. The topological polar surface area (TPSA) is 88.0 Å². The normalized spacial score (nSPS) is 15.8. The minimum absolute atomic E-state index is 0.312. The fourth-order valence-corrected chi connectivity index (χ4v) is 2.67. The van der Waals surface area contributed by atoms with Crippen LogP contribution < -0.4 is 21.5 Å². The zero-order valence-corrected chi connectivity index (χ0v) is 12.3. The predicted molar refractivity (Wildman–Crippen MR) is 81.0 cm³/mol. The summed E-state index contributed by atoms with van der Waals surface area (Å²) < 4.78 is 2.71. The van der Waals surface area contributed by atoms with Gasteiger partial charge in [-0.2, -0.15) is 4.98 Å². The zero-order valence-electron chi connectivity index (χ0n) is 12.3. The fraction of sp³-hybridized carbons (Fsp3) is 0.615. The van der Waals surface area contributed by atoms with Crippen LogP contribution in [0.5, 0.6) is 0 Å². The molecule has 0 aromatic carbocycles. The highest BCUT2D eigenvalue weighted by Gasteiger charge is 2.19. The first-order valence-electron chi connectivity index (χ1n) is 7.28. The van der Waals surface area contributed by atoms with Gasteiger partial charge < -0.3 is 15.2 Å². The van der Waals surface area contributed by atoms with E-state index in [0.29, 0.717) is 23.7 Å². The van der Waals surface area contributed by atoms with E-state index < -0.39 is 0 Å². The highest BCUT2D eigenvalue weighted by Crippen LogP contribution is 2.14. The molecule has 3 heterocycles. The summed E-state index contributed by atoms with van der Waals surface area (Å²) in [5, 5.41) is 3.28. The molecule has 21 heavy (non-hydrogen) atoms. The van der Waals surface area contributed by atoms with Gasteiger partial charge in [0.15, 0.2) is 11.2 Å². The molecule has 1 aliphatic heterocycles. The molecule has 2 aromatic heterocycles. The molecule has 0 aliphatic carbocycles. The lowest BCUT2D eigenvalue weighted by atomic mass is 10.4. The van der Waals surface area contributed by atoms with Crippen LogP contribution in [0.15, 0.2) is 9.59 Å². The summed E-state index contributed by atoms with van der Waals surface area (Å²) in [5.41, 5.74) is 0.224. The Kier molecular flexibility index (Phi) is 3.54. The molecular formula is C13H20N6O2. The fourth-order valence-electron chi connectivity index (χ4n) is 2.67. The molecule has 0 unspecified atom stereocenters. The van der Waals surface area contributed by atoms with E-state index in [0.717, 1.165) is 37.2 Å². The lowest BCUT2D eigenvalue weighted by Gasteiger charge is -2.26. The van der Waals surface area contributed by atoms with Crippen LogP contribution >= 0.6 is 0 Å². The number of aromatic amines is 1. The predicted octanol–water partition coefficient (Wildman–Crippen LogP) is -0.757. The standard InChI is InChI=1S/C13H20N6O2/c1-3-6-19-10-9(11(20)17(2)13(19)21)15-12(16-10)18-7-4-14-5-8-18/h14H,3-8H2,1-2H3,(H,15,16). The minimum Gasteiger partial charge on any atom is -0.340 e. The molecule has 0 spiro atoms. The number of rotatable bonds is 3. The van der Waals surface area contributed by atoms with Gasteiger partial charge in [-0.05, 0) is 6.42 Å². The van der Waals surface area contributed by atoms with Crippen molar-refractivity contribution in [3.8, 4) is 0 Å². The van der Waals surface area contributed by atoms with Crippen LogP contribution in [-0.2, 0) is 13.6 Å². The van der Waals surface area contributed by atoms with Crippen LogP contribution in [-0.4, -0.2) is 45.3 Å². The van der Waals surface area contributed by atoms with Crippen molar-refractivity contribution in [2.24, 2.45) is 7.05 Å². The van der Waals surface area contributed by atoms with E-state index in [4.69, 9.17) is 0 Å². The summed E-state index contributed by atoms with van der Waals surface area (Å²) in [6.07, 6.45) is 0.809. The van der Waals surface area contributed by atoms with Gasteiger partial charge in [0.1, 0.15) is 0 Å². The SMILES string of the molecule is CCCn1c(=O)n(C)c(=O)c2[nH]c(N3CCNCC3)nc21. The highest BCUT2D eigenvalue weighted by molar-refractivity contribution is 5.73. The Bertz CT molecular complexity index is 765. The van der Waals surface area contributed by atoms with Gasteiger partial charge in [0, 0.05) is 39.8 Å². The maximum atomic E-state index is 12.2. The van der Waals surface area contributed by atoms with Crippen LogP contribution in [0.25, 0.3) is 11.2 Å². The Balaban J connectivity index is 2.19. The lowest BCUT2D eigenvalue weighted by Crippen LogP contribution is -2.44. The van der Waals surface area contributed by atoms with E-state index in [1.165, 1.54) is 7.05 Å². The number of aromatic nitrogens is 4. The maximum Gasteiger partial charge on any atom is 0.332 e. The van der Waals surface area contributed by atoms with Crippen LogP contribution in [0.2, 0.25) is 0 Å². The Hall–Kier alpha value is -2.09. The summed E-state index contributed by atoms with van der Waals surface area (Å²) in [7, 11) is 1.50. The second kappa shape index (κ2) is 5.36. The number of hydrogen-bond acceptors (Lipinski definition) is 5. The number of piperazine rings is 1. The first-order valence-corrected chi connectivity index (χ1v) is 7.28. The van der Waals surface area contributed by atoms with Crippen LogP contribution in [0.1, 0.15) is 13.3 Å². The number of hydrogen-bond donors (Lipinski definition) is 2. The van der Waals surface area contributed by atoms with Crippen molar-refractivity contribution in [3.63, 3.8) is 0 Å². The molecule has 114 valence electrons. The number of nitrogens with zero attached hydrogens (tertiary/aromatic N) is 4. The van der Waals surface area contributed by atoms with Gasteiger partial charge in [-0.3, -0.25) is 13.9 Å². The molecule has 0 amide bonds. The van der Waals surface area contributed by atoms with E-state index in [1.54, 1.807) is 4.57 Å². The van der Waals surface area contributed by atoms with Crippen molar-refractivity contribution in [2.75, 3.05) is 31.1 Å². The second-order valence-corrected chi connectivity index (χ2v) is 5.29. The molecular weight excluding hydrogens is 272 g/mol. The molecule has 0 radical (unpaired) electrons. The molecule has 8 heteroatoms. The monoisotopic (exact) mass is 292 g/mol. The summed E-state index contributed by atoms with van der Waals surface area (Å²) >= 11 is 0.